The first-order valence-corrected chi connectivity index (χ1v) is 10.6. The molecule has 3 N–H and O–H groups in total. The van der Waals surface area contributed by atoms with Crippen LogP contribution in [0.3, 0.4) is 0 Å². The van der Waals surface area contributed by atoms with Gasteiger partial charge in [-0.15, -0.1) is 0 Å². The summed E-state index contributed by atoms with van der Waals surface area (Å²) in [7, 11) is 0. The van der Waals surface area contributed by atoms with Crippen molar-refractivity contribution in [1.29, 1.82) is 0 Å². The lowest BCUT2D eigenvalue weighted by Gasteiger charge is -2.20. The average molecular weight is 408 g/mol. The number of hydrogen-bond acceptors (Lipinski definition) is 3. The summed E-state index contributed by atoms with van der Waals surface area (Å²) in [6, 6.07) is 17.2. The molecule has 1 saturated carbocycles. The predicted molar refractivity (Wildman–Crippen MR) is 117 cm³/mol. The Morgan fingerprint density at radius 3 is 2.07 bits per heavy atom. The Kier molecular flexibility index (Phi) is 8.01. The van der Waals surface area contributed by atoms with Crippen molar-refractivity contribution in [3.05, 3.63) is 60.2 Å². The second-order valence-corrected chi connectivity index (χ2v) is 7.60. The second kappa shape index (κ2) is 11.1. The van der Waals surface area contributed by atoms with Gasteiger partial charge in [0.25, 0.3) is 5.91 Å². The second-order valence-electron chi connectivity index (χ2n) is 7.60. The van der Waals surface area contributed by atoms with E-state index in [-0.39, 0.29) is 30.2 Å². The molecule has 0 aliphatic heterocycles. The lowest BCUT2D eigenvalue weighted by Crippen LogP contribution is -2.41. The number of carbonyl (C=O) groups is 3. The molecule has 2 aromatic carbocycles. The molecule has 1 aliphatic rings. The Balaban J connectivity index is 1.34. The van der Waals surface area contributed by atoms with Crippen molar-refractivity contribution in [2.24, 2.45) is 5.92 Å². The van der Waals surface area contributed by atoms with E-state index in [1.807, 2.05) is 42.5 Å². The molecule has 6 heteroatoms. The van der Waals surface area contributed by atoms with Crippen LogP contribution in [0.15, 0.2) is 54.6 Å². The maximum Gasteiger partial charge on any atom is 0.251 e. The zero-order valence-corrected chi connectivity index (χ0v) is 17.2. The molecular formula is C24H29N3O3. The lowest BCUT2D eigenvalue weighted by atomic mass is 9.89. The normalized spacial score (nSPS) is 14.0. The number of benzene rings is 2. The molecule has 0 spiro atoms. The molecular weight excluding hydrogens is 378 g/mol. The molecule has 3 amide bonds. The maximum absolute atomic E-state index is 12.2. The Hall–Kier alpha value is -3.15. The summed E-state index contributed by atoms with van der Waals surface area (Å²) >= 11 is 0. The Labute approximate surface area is 177 Å². The van der Waals surface area contributed by atoms with Gasteiger partial charge >= 0.3 is 0 Å². The predicted octanol–water partition coefficient (Wildman–Crippen LogP) is 2.90. The minimum Gasteiger partial charge on any atom is -0.354 e. The van der Waals surface area contributed by atoms with E-state index in [4.69, 9.17) is 0 Å². The van der Waals surface area contributed by atoms with Crippen LogP contribution in [0.1, 0.15) is 42.5 Å². The third-order valence-corrected chi connectivity index (χ3v) is 5.39. The number of nitrogens with one attached hydrogen (secondary N) is 3. The monoisotopic (exact) mass is 407 g/mol. The topological polar surface area (TPSA) is 87.3 Å². The fraction of sp³-hybridized carbons (Fsp3) is 0.375. The largest absolute Gasteiger partial charge is 0.354 e. The summed E-state index contributed by atoms with van der Waals surface area (Å²) in [6.45, 7) is 0.644. The molecule has 1 fully saturated rings. The first kappa shape index (κ1) is 21.6. The van der Waals surface area contributed by atoms with Gasteiger partial charge in [0, 0.05) is 24.6 Å². The van der Waals surface area contributed by atoms with Crippen molar-refractivity contribution in [3.8, 4) is 11.1 Å². The highest BCUT2D eigenvalue weighted by atomic mass is 16.2. The van der Waals surface area contributed by atoms with Crippen LogP contribution in [0.4, 0.5) is 0 Å². The molecule has 0 radical (unpaired) electrons. The third kappa shape index (κ3) is 6.44. The fourth-order valence-corrected chi connectivity index (χ4v) is 3.67. The SMILES string of the molecule is O=C(CNC(=O)c1ccc(-c2ccccc2)cc1)NCCNC(=O)C1CCCCC1. The van der Waals surface area contributed by atoms with Crippen LogP contribution >= 0.6 is 0 Å². The van der Waals surface area contributed by atoms with E-state index in [2.05, 4.69) is 16.0 Å². The standard InChI is InChI=1S/C24H29N3O3/c28-22(25-15-16-26-23(29)20-9-5-2-6-10-20)17-27-24(30)21-13-11-19(12-14-21)18-7-3-1-4-8-18/h1,3-4,7-8,11-14,20H,2,5-6,9-10,15-17H2,(H,25,28)(H,26,29)(H,27,30). The van der Waals surface area contributed by atoms with E-state index in [9.17, 15) is 14.4 Å². The van der Waals surface area contributed by atoms with E-state index in [0.717, 1.165) is 36.8 Å². The summed E-state index contributed by atoms with van der Waals surface area (Å²) in [4.78, 5) is 36.2. The van der Waals surface area contributed by atoms with Crippen LogP contribution in [-0.2, 0) is 9.59 Å². The highest BCUT2D eigenvalue weighted by Gasteiger charge is 2.20. The number of carbonyl (C=O) groups excluding carboxylic acids is 3. The minimum atomic E-state index is -0.296. The maximum atomic E-state index is 12.2. The van der Waals surface area contributed by atoms with Gasteiger partial charge in [-0.25, -0.2) is 0 Å². The van der Waals surface area contributed by atoms with Crippen LogP contribution in [0.2, 0.25) is 0 Å². The molecule has 0 atom stereocenters. The molecule has 158 valence electrons. The summed E-state index contributed by atoms with van der Waals surface area (Å²) in [6.07, 6.45) is 5.35. The zero-order valence-electron chi connectivity index (χ0n) is 17.2. The summed E-state index contributed by atoms with van der Waals surface area (Å²) < 4.78 is 0. The molecule has 1 aliphatic carbocycles. The van der Waals surface area contributed by atoms with Crippen molar-refractivity contribution < 1.29 is 14.4 Å². The van der Waals surface area contributed by atoms with E-state index in [0.29, 0.717) is 18.7 Å². The molecule has 0 unspecified atom stereocenters. The van der Waals surface area contributed by atoms with E-state index in [1.165, 1.54) is 6.42 Å². The quantitative estimate of drug-likeness (QED) is 0.588. The Bertz CT molecular complexity index is 844. The average Bonchev–Trinajstić information content (AvgIpc) is 2.81. The van der Waals surface area contributed by atoms with Gasteiger partial charge in [-0.3, -0.25) is 14.4 Å². The van der Waals surface area contributed by atoms with Crippen molar-refractivity contribution in [2.75, 3.05) is 19.6 Å². The summed E-state index contributed by atoms with van der Waals surface area (Å²) in [5.74, 6) is -0.384. The number of rotatable bonds is 8. The molecule has 2 aromatic rings. The lowest BCUT2D eigenvalue weighted by molar-refractivity contribution is -0.126. The molecule has 0 bridgehead atoms. The first-order valence-electron chi connectivity index (χ1n) is 10.6. The van der Waals surface area contributed by atoms with Crippen LogP contribution in [0.25, 0.3) is 11.1 Å². The van der Waals surface area contributed by atoms with Gasteiger partial charge in [0.2, 0.25) is 11.8 Å². The van der Waals surface area contributed by atoms with Crippen molar-refractivity contribution in [2.45, 2.75) is 32.1 Å². The van der Waals surface area contributed by atoms with Crippen LogP contribution in [0.5, 0.6) is 0 Å². The summed E-state index contributed by atoms with van der Waals surface area (Å²) in [5, 5.41) is 8.21. The molecule has 0 heterocycles. The fourth-order valence-electron chi connectivity index (χ4n) is 3.67. The van der Waals surface area contributed by atoms with E-state index in [1.54, 1.807) is 12.1 Å². The van der Waals surface area contributed by atoms with E-state index < -0.39 is 0 Å². The number of hydrogen-bond donors (Lipinski definition) is 3. The minimum absolute atomic E-state index is 0.0798. The van der Waals surface area contributed by atoms with E-state index >= 15 is 0 Å². The first-order chi connectivity index (χ1) is 14.6. The van der Waals surface area contributed by atoms with Gasteiger partial charge < -0.3 is 16.0 Å². The van der Waals surface area contributed by atoms with Gasteiger partial charge in [0.05, 0.1) is 6.54 Å². The van der Waals surface area contributed by atoms with Crippen LogP contribution < -0.4 is 16.0 Å². The van der Waals surface area contributed by atoms with Crippen LogP contribution in [0, 0.1) is 5.92 Å². The van der Waals surface area contributed by atoms with Gasteiger partial charge in [-0.1, -0.05) is 61.7 Å². The smallest absolute Gasteiger partial charge is 0.251 e. The Morgan fingerprint density at radius 1 is 0.733 bits per heavy atom. The van der Waals surface area contributed by atoms with Crippen molar-refractivity contribution in [3.63, 3.8) is 0 Å². The molecule has 30 heavy (non-hydrogen) atoms. The van der Waals surface area contributed by atoms with Gasteiger partial charge in [0.1, 0.15) is 0 Å². The number of amides is 3. The summed E-state index contributed by atoms with van der Waals surface area (Å²) in [5.41, 5.74) is 2.61. The highest BCUT2D eigenvalue weighted by molar-refractivity contribution is 5.96. The third-order valence-electron chi connectivity index (χ3n) is 5.39. The van der Waals surface area contributed by atoms with Gasteiger partial charge in [0.15, 0.2) is 0 Å². The van der Waals surface area contributed by atoms with Crippen molar-refractivity contribution in [1.82, 2.24) is 16.0 Å². The Morgan fingerprint density at radius 2 is 1.37 bits per heavy atom. The van der Waals surface area contributed by atoms with Crippen LogP contribution in [-0.4, -0.2) is 37.4 Å². The van der Waals surface area contributed by atoms with Crippen molar-refractivity contribution >= 4 is 17.7 Å². The molecule has 0 aromatic heterocycles. The van der Waals surface area contributed by atoms with Gasteiger partial charge in [-0.05, 0) is 36.1 Å². The molecule has 0 saturated heterocycles. The highest BCUT2D eigenvalue weighted by Crippen LogP contribution is 2.23. The molecule has 6 nitrogen and oxygen atoms in total. The zero-order chi connectivity index (χ0) is 21.2. The molecule has 3 rings (SSSR count). The van der Waals surface area contributed by atoms with Gasteiger partial charge in [-0.2, -0.15) is 0 Å².